The fourth-order valence-electron chi connectivity index (χ4n) is 3.91. The molecule has 0 radical (unpaired) electrons. The van der Waals surface area contributed by atoms with Crippen LogP contribution in [0.15, 0.2) is 79.9 Å². The molecule has 0 aliphatic heterocycles. The van der Waals surface area contributed by atoms with Crippen LogP contribution >= 0.6 is 0 Å². The Morgan fingerprint density at radius 2 is 1.44 bits per heavy atom. The number of rotatable bonds is 8. The minimum Gasteiger partial charge on any atom is -0.508 e. The highest BCUT2D eigenvalue weighted by atomic mass is 32.2. The summed E-state index contributed by atoms with van der Waals surface area (Å²) in [4.78, 5) is 10.7. The van der Waals surface area contributed by atoms with Gasteiger partial charge in [-0.2, -0.15) is 13.5 Å². The van der Waals surface area contributed by atoms with Gasteiger partial charge < -0.3 is 25.0 Å². The van der Waals surface area contributed by atoms with Crippen LogP contribution in [-0.4, -0.2) is 43.3 Å². The molecule has 14 heteroatoms. The summed E-state index contributed by atoms with van der Waals surface area (Å²) in [6.07, 6.45) is 0. The summed E-state index contributed by atoms with van der Waals surface area (Å²) < 4.78 is 45.1. The Bertz CT molecular complexity index is 1840. The fourth-order valence-corrected chi connectivity index (χ4v) is 4.57. The number of aromatic hydroxyl groups is 2. The van der Waals surface area contributed by atoms with E-state index in [1.54, 1.807) is 19.1 Å². The number of fused-ring (bicyclic) bond motifs is 1. The molecule has 0 saturated carbocycles. The number of carbonyl (C=O) groups is 1. The number of phenolic OH excluding ortho intramolecular Hbond substituents is 2. The van der Waals surface area contributed by atoms with Crippen molar-refractivity contribution >= 4 is 55.2 Å². The second-order valence-electron chi connectivity index (χ2n) is 8.73. The molecule has 0 atom stereocenters. The highest BCUT2D eigenvalue weighted by Gasteiger charge is 2.23. The van der Waals surface area contributed by atoms with Crippen LogP contribution in [0.4, 0.5) is 28.4 Å². The molecular weight excluding hydrogens is 554 g/mol. The van der Waals surface area contributed by atoms with E-state index < -0.39 is 26.5 Å². The summed E-state index contributed by atoms with van der Waals surface area (Å²) >= 11 is 0. The number of hydrogen-bond donors (Lipinski definition) is 4. The Labute approximate surface area is 234 Å². The average molecular weight is 580 g/mol. The molecule has 4 N–H and O–H groups in total. The molecule has 4 aromatic rings. The number of nitrogens with one attached hydrogen (secondary N) is 1. The zero-order valence-corrected chi connectivity index (χ0v) is 23.1. The lowest BCUT2D eigenvalue weighted by Crippen LogP contribution is -2.05. The van der Waals surface area contributed by atoms with Crippen LogP contribution in [-0.2, 0) is 14.9 Å². The predicted molar refractivity (Wildman–Crippen MR) is 150 cm³/mol. The van der Waals surface area contributed by atoms with Crippen molar-refractivity contribution in [2.45, 2.75) is 18.7 Å². The van der Waals surface area contributed by atoms with Crippen LogP contribution in [0.25, 0.3) is 10.8 Å². The van der Waals surface area contributed by atoms with Gasteiger partial charge in [0.15, 0.2) is 5.75 Å². The molecule has 41 heavy (non-hydrogen) atoms. The first-order chi connectivity index (χ1) is 19.4. The summed E-state index contributed by atoms with van der Waals surface area (Å²) in [6.45, 7) is 3.07. The van der Waals surface area contributed by atoms with Gasteiger partial charge in [-0.3, -0.25) is 9.35 Å². The maximum absolute atomic E-state index is 12.2. The molecule has 0 aromatic heterocycles. The first kappa shape index (κ1) is 28.9. The number of carbonyl (C=O) groups excluding carboxylic acids is 1. The van der Waals surface area contributed by atoms with Crippen molar-refractivity contribution in [3.05, 3.63) is 60.2 Å². The van der Waals surface area contributed by atoms with Crippen molar-refractivity contribution < 1.29 is 37.5 Å². The number of anilines is 1. The largest absolute Gasteiger partial charge is 0.508 e. The second kappa shape index (κ2) is 11.6. The molecule has 4 rings (SSSR count). The Hall–Kier alpha value is -5.08. The monoisotopic (exact) mass is 579 g/mol. The quantitative estimate of drug-likeness (QED) is 0.132. The van der Waals surface area contributed by atoms with E-state index in [1.165, 1.54) is 57.5 Å². The first-order valence-corrected chi connectivity index (χ1v) is 13.3. The van der Waals surface area contributed by atoms with E-state index in [-0.39, 0.29) is 45.3 Å². The average Bonchev–Trinajstić information content (AvgIpc) is 2.90. The van der Waals surface area contributed by atoms with Gasteiger partial charge in [-0.1, -0.05) is 0 Å². The van der Waals surface area contributed by atoms with Crippen molar-refractivity contribution in [2.75, 3.05) is 19.5 Å². The molecule has 4 aromatic carbocycles. The summed E-state index contributed by atoms with van der Waals surface area (Å²) in [6, 6.07) is 13.0. The maximum Gasteiger partial charge on any atom is 0.296 e. The Morgan fingerprint density at radius 1 is 0.829 bits per heavy atom. The third-order valence-corrected chi connectivity index (χ3v) is 6.70. The molecule has 212 valence electrons. The van der Waals surface area contributed by atoms with Crippen LogP contribution in [0.3, 0.4) is 0 Å². The number of methoxy groups -OCH3 is 2. The molecule has 0 aliphatic carbocycles. The molecule has 1 amide bonds. The standard InChI is InChI=1S/C27H25N5O8S/c1-14-9-18(34)6-8-20(14)29-30-21-12-24(40-4)22(13-23(21)39-3)31-32-26-25(41(36,37)38)11-16-10-17(28-15(2)33)5-7-19(16)27(26)35/h5-13,34-35H,1-4H3,(H,28,33)(H,36,37,38). The highest BCUT2D eigenvalue weighted by molar-refractivity contribution is 7.86. The number of ether oxygens (including phenoxy) is 2. The molecular formula is C27H25N5O8S. The predicted octanol–water partition coefficient (Wildman–Crippen LogP) is 6.61. The normalized spacial score (nSPS) is 11.8. The van der Waals surface area contributed by atoms with E-state index in [9.17, 15) is 28.0 Å². The van der Waals surface area contributed by atoms with Gasteiger partial charge in [0.25, 0.3) is 10.1 Å². The summed E-state index contributed by atoms with van der Waals surface area (Å²) in [5, 5.41) is 39.9. The van der Waals surface area contributed by atoms with Gasteiger partial charge in [0, 0.05) is 30.1 Å². The van der Waals surface area contributed by atoms with Crippen molar-refractivity contribution in [3.63, 3.8) is 0 Å². The molecule has 0 saturated heterocycles. The number of nitrogens with zero attached hydrogens (tertiary/aromatic N) is 4. The van der Waals surface area contributed by atoms with E-state index in [0.29, 0.717) is 16.9 Å². The van der Waals surface area contributed by atoms with Gasteiger partial charge in [0.2, 0.25) is 5.91 Å². The fraction of sp³-hybridized carbons (Fsp3) is 0.148. The first-order valence-electron chi connectivity index (χ1n) is 11.8. The van der Waals surface area contributed by atoms with Gasteiger partial charge in [-0.15, -0.1) is 15.3 Å². The van der Waals surface area contributed by atoms with Crippen LogP contribution in [0, 0.1) is 6.92 Å². The molecule has 0 bridgehead atoms. The lowest BCUT2D eigenvalue weighted by molar-refractivity contribution is -0.114. The molecule has 0 aliphatic rings. The zero-order chi connectivity index (χ0) is 29.9. The van der Waals surface area contributed by atoms with Crippen molar-refractivity contribution in [3.8, 4) is 23.0 Å². The van der Waals surface area contributed by atoms with Crippen LogP contribution in [0.5, 0.6) is 23.0 Å². The molecule has 0 spiro atoms. The number of amides is 1. The topological polar surface area (TPSA) is 192 Å². The summed E-state index contributed by atoms with van der Waals surface area (Å²) in [5.74, 6) is -0.419. The smallest absolute Gasteiger partial charge is 0.296 e. The highest BCUT2D eigenvalue weighted by Crippen LogP contribution is 2.45. The van der Waals surface area contributed by atoms with Crippen molar-refractivity contribution in [2.24, 2.45) is 20.5 Å². The van der Waals surface area contributed by atoms with Crippen LogP contribution in [0.2, 0.25) is 0 Å². The van der Waals surface area contributed by atoms with Crippen molar-refractivity contribution in [1.29, 1.82) is 0 Å². The molecule has 0 heterocycles. The van der Waals surface area contributed by atoms with Gasteiger partial charge >= 0.3 is 0 Å². The van der Waals surface area contributed by atoms with Gasteiger partial charge in [-0.05, 0) is 60.3 Å². The second-order valence-corrected chi connectivity index (χ2v) is 10.1. The number of benzene rings is 4. The summed E-state index contributed by atoms with van der Waals surface area (Å²) in [7, 11) is -2.10. The van der Waals surface area contributed by atoms with Gasteiger partial charge in [-0.25, -0.2) is 0 Å². The zero-order valence-electron chi connectivity index (χ0n) is 22.3. The minimum atomic E-state index is -4.86. The number of azo groups is 2. The van der Waals surface area contributed by atoms with E-state index in [1.807, 2.05) is 0 Å². The van der Waals surface area contributed by atoms with Gasteiger partial charge in [0.05, 0.1) is 19.9 Å². The SMILES string of the molecule is COc1cc(N=Nc2c(S(=O)(=O)O)cc3cc(NC(C)=O)ccc3c2O)c(OC)cc1N=Nc1ccc(O)cc1C. The summed E-state index contributed by atoms with van der Waals surface area (Å²) in [5.41, 5.74) is 1.42. The molecule has 13 nitrogen and oxygen atoms in total. The van der Waals surface area contributed by atoms with Crippen molar-refractivity contribution in [1.82, 2.24) is 0 Å². The third kappa shape index (κ3) is 6.40. The minimum absolute atomic E-state index is 0.0888. The van der Waals surface area contributed by atoms with E-state index in [4.69, 9.17) is 9.47 Å². The number of hydrogen-bond acceptors (Lipinski definition) is 11. The number of phenols is 2. The third-order valence-electron chi connectivity index (χ3n) is 5.83. The van der Waals surface area contributed by atoms with E-state index in [2.05, 4.69) is 25.8 Å². The van der Waals surface area contributed by atoms with Crippen LogP contribution in [0.1, 0.15) is 12.5 Å². The number of aryl methyl sites for hydroxylation is 1. The lowest BCUT2D eigenvalue weighted by Gasteiger charge is -2.11. The Morgan fingerprint density at radius 3 is 2.00 bits per heavy atom. The van der Waals surface area contributed by atoms with E-state index in [0.717, 1.165) is 6.07 Å². The molecule has 0 unspecified atom stereocenters. The maximum atomic E-state index is 12.2. The Kier molecular flexibility index (Phi) is 8.16. The lowest BCUT2D eigenvalue weighted by atomic mass is 10.1. The Balaban J connectivity index is 1.79. The van der Waals surface area contributed by atoms with E-state index >= 15 is 0 Å². The van der Waals surface area contributed by atoms with Gasteiger partial charge in [0.1, 0.15) is 39.2 Å². The van der Waals surface area contributed by atoms with Crippen LogP contribution < -0.4 is 14.8 Å². The molecule has 0 fully saturated rings.